The molecular weight excluding hydrogens is 438 g/mol. The Morgan fingerprint density at radius 2 is 1.66 bits per heavy atom. The maximum absolute atomic E-state index is 11.8. The lowest BCUT2D eigenvalue weighted by molar-refractivity contribution is -0.186. The topological polar surface area (TPSA) is 114 Å². The monoisotopic (exact) mass is 463 g/mol. The van der Waals surface area contributed by atoms with Gasteiger partial charge < -0.3 is 23.5 Å². The predicted octanol–water partition coefficient (Wildman–Crippen LogP) is 3.21. The number of hydrogen-bond donors (Lipinski definition) is 0. The molecule has 4 atom stereocenters. The van der Waals surface area contributed by atoms with Crippen molar-refractivity contribution in [2.45, 2.75) is 58.4 Å². The van der Waals surface area contributed by atoms with Crippen molar-refractivity contribution in [3.05, 3.63) is 35.7 Å². The minimum absolute atomic E-state index is 0.295. The summed E-state index contributed by atoms with van der Waals surface area (Å²) in [7, 11) is 0. The number of ether oxygens (including phenoxy) is 4. The van der Waals surface area contributed by atoms with Crippen molar-refractivity contribution in [1.29, 1.82) is 0 Å². The number of nitrogens with zero attached hydrogens (tertiary/aromatic N) is 1. The van der Waals surface area contributed by atoms with Gasteiger partial charge in [0.05, 0.1) is 5.69 Å². The molecule has 0 aliphatic carbocycles. The van der Waals surface area contributed by atoms with E-state index in [0.717, 1.165) is 16.8 Å². The van der Waals surface area contributed by atoms with Crippen LogP contribution in [-0.2, 0) is 28.6 Å². The van der Waals surface area contributed by atoms with E-state index in [4.69, 9.17) is 23.5 Å². The van der Waals surface area contributed by atoms with E-state index in [-0.39, 0.29) is 0 Å². The van der Waals surface area contributed by atoms with Crippen LogP contribution in [0.3, 0.4) is 0 Å². The van der Waals surface area contributed by atoms with Gasteiger partial charge in [-0.25, -0.2) is 0 Å². The summed E-state index contributed by atoms with van der Waals surface area (Å²) in [4.78, 5) is 35.0. The van der Waals surface area contributed by atoms with E-state index in [0.29, 0.717) is 17.3 Å². The molecule has 32 heavy (non-hydrogen) atoms. The molecule has 0 spiro atoms. The first-order chi connectivity index (χ1) is 15.2. The van der Waals surface area contributed by atoms with Crippen LogP contribution in [0.1, 0.15) is 32.2 Å². The number of rotatable bonds is 6. The molecule has 1 saturated heterocycles. The van der Waals surface area contributed by atoms with Crippen molar-refractivity contribution in [3.8, 4) is 16.9 Å². The van der Waals surface area contributed by atoms with Gasteiger partial charge in [0, 0.05) is 32.1 Å². The number of hydrogen-bond acceptors (Lipinski definition) is 10. The summed E-state index contributed by atoms with van der Waals surface area (Å²) >= 11 is 1.30. The summed E-state index contributed by atoms with van der Waals surface area (Å²) < 4.78 is 27.6. The van der Waals surface area contributed by atoms with E-state index < -0.39 is 41.7 Å². The van der Waals surface area contributed by atoms with Crippen molar-refractivity contribution in [2.24, 2.45) is 0 Å². The van der Waals surface area contributed by atoms with Gasteiger partial charge in [-0.3, -0.25) is 14.4 Å². The van der Waals surface area contributed by atoms with E-state index in [1.807, 2.05) is 32.0 Å². The molecule has 0 bridgehead atoms. The van der Waals surface area contributed by atoms with E-state index in [1.165, 1.54) is 32.5 Å². The van der Waals surface area contributed by atoms with E-state index in [1.54, 1.807) is 6.07 Å². The Kier molecular flexibility index (Phi) is 7.44. The predicted molar refractivity (Wildman–Crippen MR) is 115 cm³/mol. The SMILES string of the molecule is CC(=O)O[C@@H]1[C@@H](OC(C)=O)[C@H](OC(C)=O)CS[C@H]1Oc1cccc(-c2c(C)noc2C)c1. The largest absolute Gasteiger partial charge is 0.476 e. The highest BCUT2D eigenvalue weighted by atomic mass is 32.2. The molecular formula is C22H25NO8S. The number of carbonyl (C=O) groups is 3. The number of benzene rings is 1. The van der Waals surface area contributed by atoms with Crippen molar-refractivity contribution in [1.82, 2.24) is 5.16 Å². The summed E-state index contributed by atoms with van der Waals surface area (Å²) in [5, 5.41) is 3.98. The quantitative estimate of drug-likeness (QED) is 0.467. The highest BCUT2D eigenvalue weighted by molar-refractivity contribution is 7.99. The molecule has 1 aliphatic heterocycles. The fraction of sp³-hybridized carbons (Fsp3) is 0.455. The van der Waals surface area contributed by atoms with Crippen LogP contribution in [0.25, 0.3) is 11.1 Å². The zero-order valence-corrected chi connectivity index (χ0v) is 19.3. The minimum atomic E-state index is -1.00. The lowest BCUT2D eigenvalue weighted by Crippen LogP contribution is -2.55. The van der Waals surface area contributed by atoms with E-state index in [9.17, 15) is 14.4 Å². The lowest BCUT2D eigenvalue weighted by Gasteiger charge is -2.39. The zero-order valence-electron chi connectivity index (χ0n) is 18.4. The molecule has 0 unspecified atom stereocenters. The Morgan fingerprint density at radius 1 is 1.00 bits per heavy atom. The zero-order chi connectivity index (χ0) is 23.4. The summed E-state index contributed by atoms with van der Waals surface area (Å²) in [6, 6.07) is 7.34. The van der Waals surface area contributed by atoms with Crippen molar-refractivity contribution in [2.75, 3.05) is 5.75 Å². The fourth-order valence-electron chi connectivity index (χ4n) is 3.56. The molecule has 9 nitrogen and oxygen atoms in total. The van der Waals surface area contributed by atoms with Gasteiger partial charge in [0.2, 0.25) is 0 Å². The summed E-state index contributed by atoms with van der Waals surface area (Å²) in [5.74, 6) is -0.192. The normalized spacial score (nSPS) is 22.7. The molecule has 2 heterocycles. The maximum atomic E-state index is 11.8. The molecule has 0 N–H and O–H groups in total. The van der Waals surface area contributed by atoms with Crippen LogP contribution >= 0.6 is 11.8 Å². The molecule has 1 fully saturated rings. The second-order valence-electron chi connectivity index (χ2n) is 7.34. The highest BCUT2D eigenvalue weighted by Gasteiger charge is 2.47. The first kappa shape index (κ1) is 23.6. The van der Waals surface area contributed by atoms with Gasteiger partial charge in [0.15, 0.2) is 23.7 Å². The Morgan fingerprint density at radius 3 is 2.25 bits per heavy atom. The van der Waals surface area contributed by atoms with Crippen molar-refractivity contribution < 1.29 is 37.9 Å². The minimum Gasteiger partial charge on any atom is -0.476 e. The Labute approximate surface area is 189 Å². The number of esters is 3. The summed E-state index contributed by atoms with van der Waals surface area (Å²) in [6.07, 6.45) is -2.77. The number of aryl methyl sites for hydroxylation is 2. The standard InChI is InChI=1S/C22H25NO8S/c1-11-19(12(2)31-23-11)16-7-6-8-17(9-16)30-22-21(29-15(5)26)20(28-14(4)25)18(10-32-22)27-13(3)24/h6-9,18,20-22H,10H2,1-5H3/t18-,20+,21-,22-/m1/s1. The molecule has 1 aromatic carbocycles. The number of carbonyl (C=O) groups excluding carboxylic acids is 3. The van der Waals surface area contributed by atoms with Gasteiger partial charge >= 0.3 is 17.9 Å². The Hall–Kier alpha value is -3.01. The second kappa shape index (κ2) is 10.1. The Balaban J connectivity index is 1.89. The van der Waals surface area contributed by atoms with Crippen molar-refractivity contribution >= 4 is 29.7 Å². The third kappa shape index (κ3) is 5.61. The number of thioether (sulfide) groups is 1. The molecule has 172 valence electrons. The molecule has 0 amide bonds. The maximum Gasteiger partial charge on any atom is 0.303 e. The lowest BCUT2D eigenvalue weighted by atomic mass is 10.0. The van der Waals surface area contributed by atoms with Crippen LogP contribution in [0.15, 0.2) is 28.8 Å². The molecule has 1 aliphatic rings. The Bertz CT molecular complexity index is 984. The van der Waals surface area contributed by atoms with Gasteiger partial charge in [-0.15, -0.1) is 11.8 Å². The molecule has 1 aromatic heterocycles. The van der Waals surface area contributed by atoms with Gasteiger partial charge in [-0.2, -0.15) is 0 Å². The highest BCUT2D eigenvalue weighted by Crippen LogP contribution is 2.36. The van der Waals surface area contributed by atoms with E-state index in [2.05, 4.69) is 5.16 Å². The van der Waals surface area contributed by atoms with Crippen molar-refractivity contribution in [3.63, 3.8) is 0 Å². The molecule has 10 heteroatoms. The second-order valence-corrected chi connectivity index (χ2v) is 8.47. The summed E-state index contributed by atoms with van der Waals surface area (Å²) in [5.41, 5.74) is 1.78. The van der Waals surface area contributed by atoms with E-state index >= 15 is 0 Å². The van der Waals surface area contributed by atoms with Crippen LogP contribution in [0, 0.1) is 13.8 Å². The van der Waals surface area contributed by atoms with Crippen LogP contribution in [-0.4, -0.2) is 52.6 Å². The van der Waals surface area contributed by atoms with Gasteiger partial charge in [0.25, 0.3) is 0 Å². The average Bonchev–Trinajstić information content (AvgIpc) is 3.03. The number of aromatic nitrogens is 1. The molecule has 0 radical (unpaired) electrons. The van der Waals surface area contributed by atoms with Gasteiger partial charge in [-0.1, -0.05) is 17.3 Å². The van der Waals surface area contributed by atoms with Gasteiger partial charge in [0.1, 0.15) is 11.5 Å². The van der Waals surface area contributed by atoms with Crippen LogP contribution in [0.2, 0.25) is 0 Å². The van der Waals surface area contributed by atoms with Crippen LogP contribution in [0.4, 0.5) is 0 Å². The molecule has 3 rings (SSSR count). The first-order valence-electron chi connectivity index (χ1n) is 9.99. The fourth-order valence-corrected chi connectivity index (χ4v) is 4.78. The summed E-state index contributed by atoms with van der Waals surface area (Å²) in [6.45, 7) is 7.43. The molecule has 2 aromatic rings. The molecule has 0 saturated carbocycles. The van der Waals surface area contributed by atoms with Crippen LogP contribution in [0.5, 0.6) is 5.75 Å². The third-order valence-corrected chi connectivity index (χ3v) is 5.93. The first-order valence-corrected chi connectivity index (χ1v) is 11.0. The van der Waals surface area contributed by atoms with Crippen LogP contribution < -0.4 is 4.74 Å². The smallest absolute Gasteiger partial charge is 0.303 e. The van der Waals surface area contributed by atoms with Gasteiger partial charge in [-0.05, 0) is 31.5 Å². The average molecular weight is 464 g/mol. The third-order valence-electron chi connectivity index (χ3n) is 4.71.